The molecular formula is C23H20N4O3S2. The average molecular weight is 465 g/mol. The molecule has 0 atom stereocenters. The van der Waals surface area contributed by atoms with Gasteiger partial charge < -0.3 is 0 Å². The Hall–Kier alpha value is -3.56. The van der Waals surface area contributed by atoms with Gasteiger partial charge in [-0.1, -0.05) is 24.3 Å². The molecule has 162 valence electrons. The smallest absolute Gasteiger partial charge is 0.264 e. The molecule has 2 aromatic carbocycles. The molecular weight excluding hydrogens is 444 g/mol. The molecule has 0 aliphatic carbocycles. The van der Waals surface area contributed by atoms with Gasteiger partial charge in [-0.15, -0.1) is 11.3 Å². The molecule has 1 amide bonds. The number of aromatic nitrogens is 2. The summed E-state index contributed by atoms with van der Waals surface area (Å²) in [7, 11) is -3.75. The minimum atomic E-state index is -3.75. The molecule has 7 nitrogen and oxygen atoms in total. The first-order chi connectivity index (χ1) is 15.5. The third kappa shape index (κ3) is 4.53. The van der Waals surface area contributed by atoms with Crippen molar-refractivity contribution in [1.29, 1.82) is 0 Å². The second-order valence-corrected chi connectivity index (χ2v) is 9.46. The van der Waals surface area contributed by atoms with Crippen LogP contribution in [0.2, 0.25) is 0 Å². The number of amides is 1. The topological polar surface area (TPSA) is 92.3 Å². The molecule has 0 spiro atoms. The number of carbonyl (C=O) groups is 1. The van der Waals surface area contributed by atoms with Gasteiger partial charge in [0.2, 0.25) is 0 Å². The number of rotatable bonds is 7. The summed E-state index contributed by atoms with van der Waals surface area (Å²) < 4.78 is 27.5. The van der Waals surface area contributed by atoms with E-state index >= 15 is 0 Å². The summed E-state index contributed by atoms with van der Waals surface area (Å²) in [5.41, 5.74) is 2.32. The number of para-hydroxylation sites is 1. The fraction of sp³-hybridized carbons (Fsp3) is 0.0870. The van der Waals surface area contributed by atoms with Crippen LogP contribution in [0.15, 0.2) is 89.3 Å². The van der Waals surface area contributed by atoms with Crippen LogP contribution in [0.3, 0.4) is 0 Å². The average Bonchev–Trinajstić information content (AvgIpc) is 3.29. The lowest BCUT2D eigenvalue weighted by molar-refractivity contribution is 0.102. The zero-order valence-electron chi connectivity index (χ0n) is 17.2. The first kappa shape index (κ1) is 21.7. The van der Waals surface area contributed by atoms with Gasteiger partial charge in [0.15, 0.2) is 5.13 Å². The molecule has 0 saturated heterocycles. The highest BCUT2D eigenvalue weighted by Gasteiger charge is 2.23. The van der Waals surface area contributed by atoms with Crippen molar-refractivity contribution in [2.24, 2.45) is 0 Å². The van der Waals surface area contributed by atoms with E-state index in [0.717, 1.165) is 5.69 Å². The molecule has 0 fully saturated rings. The molecule has 4 rings (SSSR count). The van der Waals surface area contributed by atoms with Crippen LogP contribution in [0.4, 0.5) is 10.8 Å². The van der Waals surface area contributed by atoms with Gasteiger partial charge in [0, 0.05) is 23.7 Å². The summed E-state index contributed by atoms with van der Waals surface area (Å²) in [5, 5.41) is 5.00. The monoisotopic (exact) mass is 464 g/mol. The number of nitrogens with zero attached hydrogens (tertiary/aromatic N) is 3. The Kier molecular flexibility index (Phi) is 6.29. The van der Waals surface area contributed by atoms with Crippen molar-refractivity contribution in [3.05, 3.63) is 89.9 Å². The van der Waals surface area contributed by atoms with Crippen molar-refractivity contribution in [1.82, 2.24) is 9.97 Å². The van der Waals surface area contributed by atoms with E-state index in [-0.39, 0.29) is 17.3 Å². The molecule has 0 bridgehead atoms. The Balaban J connectivity index is 1.50. The van der Waals surface area contributed by atoms with Crippen molar-refractivity contribution in [3.63, 3.8) is 0 Å². The summed E-state index contributed by atoms with van der Waals surface area (Å²) in [6.45, 7) is 2.07. The lowest BCUT2D eigenvalue weighted by Crippen LogP contribution is -2.30. The van der Waals surface area contributed by atoms with Gasteiger partial charge in [0.05, 0.1) is 16.3 Å². The van der Waals surface area contributed by atoms with Gasteiger partial charge >= 0.3 is 0 Å². The predicted octanol–water partition coefficient (Wildman–Crippen LogP) is 4.67. The molecule has 9 heteroatoms. The lowest BCUT2D eigenvalue weighted by Gasteiger charge is -2.22. The number of carbonyl (C=O) groups excluding carboxylic acids is 1. The van der Waals surface area contributed by atoms with Crippen LogP contribution in [0.25, 0.3) is 11.4 Å². The van der Waals surface area contributed by atoms with Gasteiger partial charge in [-0.2, -0.15) is 0 Å². The summed E-state index contributed by atoms with van der Waals surface area (Å²) in [6, 6.07) is 20.3. The number of anilines is 2. The molecule has 0 aliphatic rings. The number of pyridine rings is 1. The Morgan fingerprint density at radius 1 is 0.969 bits per heavy atom. The van der Waals surface area contributed by atoms with E-state index in [0.29, 0.717) is 22.1 Å². The van der Waals surface area contributed by atoms with Crippen molar-refractivity contribution in [2.75, 3.05) is 16.2 Å². The second-order valence-electron chi connectivity index (χ2n) is 6.74. The molecule has 0 aliphatic heterocycles. The maximum atomic E-state index is 13.1. The Bertz CT molecular complexity index is 1310. The first-order valence-corrected chi connectivity index (χ1v) is 12.2. The highest BCUT2D eigenvalue weighted by Crippen LogP contribution is 2.25. The first-order valence-electron chi connectivity index (χ1n) is 9.85. The van der Waals surface area contributed by atoms with Crippen LogP contribution >= 0.6 is 11.3 Å². The quantitative estimate of drug-likeness (QED) is 0.429. The largest absolute Gasteiger partial charge is 0.298 e. The van der Waals surface area contributed by atoms with Crippen molar-refractivity contribution in [2.45, 2.75) is 11.8 Å². The van der Waals surface area contributed by atoms with E-state index in [4.69, 9.17) is 0 Å². The number of benzene rings is 2. The maximum absolute atomic E-state index is 13.1. The van der Waals surface area contributed by atoms with E-state index in [1.807, 2.05) is 29.6 Å². The molecule has 1 N–H and O–H groups in total. The Labute approximate surface area is 190 Å². The van der Waals surface area contributed by atoms with Gasteiger partial charge in [0.1, 0.15) is 5.69 Å². The van der Waals surface area contributed by atoms with Crippen LogP contribution in [-0.4, -0.2) is 30.8 Å². The normalized spacial score (nSPS) is 11.2. The van der Waals surface area contributed by atoms with E-state index < -0.39 is 10.0 Å². The van der Waals surface area contributed by atoms with Crippen molar-refractivity contribution in [3.8, 4) is 11.4 Å². The van der Waals surface area contributed by atoms with Gasteiger partial charge in [-0.05, 0) is 55.5 Å². The highest BCUT2D eigenvalue weighted by atomic mass is 32.2. The predicted molar refractivity (Wildman–Crippen MR) is 126 cm³/mol. The zero-order valence-corrected chi connectivity index (χ0v) is 18.8. The van der Waals surface area contributed by atoms with E-state index in [9.17, 15) is 13.2 Å². The fourth-order valence-corrected chi connectivity index (χ4v) is 5.30. The van der Waals surface area contributed by atoms with Crippen molar-refractivity contribution < 1.29 is 13.2 Å². The highest BCUT2D eigenvalue weighted by molar-refractivity contribution is 7.92. The zero-order chi connectivity index (χ0) is 22.6. The number of nitrogens with one attached hydrogen (secondary N) is 1. The molecule has 0 unspecified atom stereocenters. The minimum Gasteiger partial charge on any atom is -0.298 e. The molecule has 32 heavy (non-hydrogen) atoms. The van der Waals surface area contributed by atoms with Crippen LogP contribution in [0, 0.1) is 0 Å². The third-order valence-corrected chi connectivity index (χ3v) is 7.36. The SMILES string of the molecule is CCN(c1ccccc1)S(=O)(=O)c1ccc(C(=O)Nc2nc(-c3ccccn3)cs2)cc1. The molecule has 0 radical (unpaired) electrons. The fourth-order valence-electron chi connectivity index (χ4n) is 3.12. The van der Waals surface area contributed by atoms with Gasteiger partial charge in [0.25, 0.3) is 15.9 Å². The Morgan fingerprint density at radius 3 is 2.34 bits per heavy atom. The molecule has 2 aromatic heterocycles. The lowest BCUT2D eigenvalue weighted by atomic mass is 10.2. The van der Waals surface area contributed by atoms with E-state index in [2.05, 4.69) is 15.3 Å². The maximum Gasteiger partial charge on any atom is 0.264 e. The molecule has 0 saturated carbocycles. The Morgan fingerprint density at radius 2 is 1.69 bits per heavy atom. The van der Waals surface area contributed by atoms with Crippen LogP contribution in [0.1, 0.15) is 17.3 Å². The molecule has 2 heterocycles. The number of hydrogen-bond acceptors (Lipinski definition) is 6. The summed E-state index contributed by atoms with van der Waals surface area (Å²) >= 11 is 1.29. The van der Waals surface area contributed by atoms with Gasteiger partial charge in [-0.3, -0.25) is 19.4 Å². The number of thiazole rings is 1. The van der Waals surface area contributed by atoms with Crippen molar-refractivity contribution >= 4 is 38.1 Å². The van der Waals surface area contributed by atoms with E-state index in [1.165, 1.54) is 39.9 Å². The summed E-state index contributed by atoms with van der Waals surface area (Å²) in [4.78, 5) is 21.4. The third-order valence-electron chi connectivity index (χ3n) is 4.69. The van der Waals surface area contributed by atoms with Crippen LogP contribution in [0.5, 0.6) is 0 Å². The number of hydrogen-bond donors (Lipinski definition) is 1. The van der Waals surface area contributed by atoms with Gasteiger partial charge in [-0.25, -0.2) is 13.4 Å². The summed E-state index contributed by atoms with van der Waals surface area (Å²) in [5.74, 6) is -0.369. The molecule has 4 aromatic rings. The number of sulfonamides is 1. The second kappa shape index (κ2) is 9.29. The van der Waals surface area contributed by atoms with Crippen LogP contribution in [-0.2, 0) is 10.0 Å². The van der Waals surface area contributed by atoms with E-state index in [1.54, 1.807) is 37.4 Å². The van der Waals surface area contributed by atoms with Crippen LogP contribution < -0.4 is 9.62 Å². The standard InChI is InChI=1S/C23H20N4O3S2/c1-2-27(18-8-4-3-5-9-18)32(29,30)19-13-11-17(12-14-19)22(28)26-23-25-21(16-31-23)20-10-6-7-15-24-20/h3-16H,2H2,1H3,(H,25,26,28). The minimum absolute atomic E-state index is 0.117. The summed E-state index contributed by atoms with van der Waals surface area (Å²) in [6.07, 6.45) is 1.68.